The highest BCUT2D eigenvalue weighted by molar-refractivity contribution is 5.79. The van der Waals surface area contributed by atoms with Crippen molar-refractivity contribution in [1.29, 1.82) is 0 Å². The molecule has 0 unspecified atom stereocenters. The lowest BCUT2D eigenvalue weighted by atomic mass is 10.1. The fraction of sp³-hybridized carbons (Fsp3) is 0.333. The van der Waals surface area contributed by atoms with Crippen LogP contribution in [0.2, 0.25) is 0 Å². The number of aryl methyl sites for hydroxylation is 2. The molecule has 0 saturated carbocycles. The molecule has 0 radical (unpaired) electrons. The Morgan fingerprint density at radius 3 is 2.63 bits per heavy atom. The number of guanidine groups is 1. The Morgan fingerprint density at radius 1 is 1.19 bits per heavy atom. The standard InChI is InChI=1S/C21H27N5O/c1-4-22-21(24-15-19-14-16(2)27-17(19)3)23-12-10-18-6-8-20(9-7-18)26-13-5-11-25-26/h5-9,11,13-14H,4,10,12,15H2,1-3H3,(H2,22,23,24). The first-order valence-electron chi connectivity index (χ1n) is 9.32. The number of aliphatic imine (C=N–C) groups is 1. The van der Waals surface area contributed by atoms with Crippen LogP contribution in [0.15, 0.2) is 58.2 Å². The minimum atomic E-state index is 0.608. The van der Waals surface area contributed by atoms with Crippen LogP contribution in [-0.2, 0) is 13.0 Å². The van der Waals surface area contributed by atoms with E-state index in [1.165, 1.54) is 5.56 Å². The predicted molar refractivity (Wildman–Crippen MR) is 108 cm³/mol. The third-order valence-electron chi connectivity index (χ3n) is 4.31. The number of nitrogens with one attached hydrogen (secondary N) is 2. The topological polar surface area (TPSA) is 67.4 Å². The monoisotopic (exact) mass is 365 g/mol. The molecule has 3 aromatic rings. The molecule has 0 saturated heterocycles. The lowest BCUT2D eigenvalue weighted by Gasteiger charge is -2.11. The fourth-order valence-electron chi connectivity index (χ4n) is 2.91. The summed E-state index contributed by atoms with van der Waals surface area (Å²) in [6.07, 6.45) is 4.65. The van der Waals surface area contributed by atoms with E-state index >= 15 is 0 Å². The van der Waals surface area contributed by atoms with Gasteiger partial charge in [0, 0.05) is 31.0 Å². The molecule has 6 heteroatoms. The first-order chi connectivity index (χ1) is 13.2. The third kappa shape index (κ3) is 5.23. The van der Waals surface area contributed by atoms with E-state index < -0.39 is 0 Å². The Balaban J connectivity index is 1.53. The molecule has 0 aliphatic heterocycles. The van der Waals surface area contributed by atoms with Gasteiger partial charge in [-0.05, 0) is 57.0 Å². The summed E-state index contributed by atoms with van der Waals surface area (Å²) in [6, 6.07) is 12.4. The molecule has 0 fully saturated rings. The van der Waals surface area contributed by atoms with E-state index in [-0.39, 0.29) is 0 Å². The second kappa shape index (κ2) is 9.07. The molecular formula is C21H27N5O. The van der Waals surface area contributed by atoms with E-state index in [2.05, 4.69) is 51.9 Å². The van der Waals surface area contributed by atoms with E-state index in [0.717, 1.165) is 48.2 Å². The summed E-state index contributed by atoms with van der Waals surface area (Å²) in [5.74, 6) is 2.68. The van der Waals surface area contributed by atoms with Crippen molar-refractivity contribution in [2.45, 2.75) is 33.7 Å². The number of benzene rings is 1. The van der Waals surface area contributed by atoms with Crippen LogP contribution in [0.5, 0.6) is 0 Å². The van der Waals surface area contributed by atoms with Crippen molar-refractivity contribution in [2.24, 2.45) is 4.99 Å². The van der Waals surface area contributed by atoms with E-state index in [9.17, 15) is 0 Å². The van der Waals surface area contributed by atoms with Gasteiger partial charge in [0.05, 0.1) is 12.2 Å². The molecule has 0 amide bonds. The third-order valence-corrected chi connectivity index (χ3v) is 4.31. The average molecular weight is 365 g/mol. The quantitative estimate of drug-likeness (QED) is 0.498. The van der Waals surface area contributed by atoms with Crippen molar-refractivity contribution < 1.29 is 4.42 Å². The number of rotatable bonds is 7. The summed E-state index contributed by atoms with van der Waals surface area (Å²) in [7, 11) is 0. The maximum atomic E-state index is 5.57. The zero-order valence-electron chi connectivity index (χ0n) is 16.2. The van der Waals surface area contributed by atoms with Gasteiger partial charge in [-0.1, -0.05) is 12.1 Å². The lowest BCUT2D eigenvalue weighted by Crippen LogP contribution is -2.38. The maximum Gasteiger partial charge on any atom is 0.191 e. The van der Waals surface area contributed by atoms with Gasteiger partial charge < -0.3 is 15.1 Å². The average Bonchev–Trinajstić information content (AvgIpc) is 3.30. The SMILES string of the molecule is CCNC(=NCc1cc(C)oc1C)NCCc1ccc(-n2cccn2)cc1. The Hall–Kier alpha value is -3.02. The molecule has 2 N–H and O–H groups in total. The Labute approximate surface area is 160 Å². The van der Waals surface area contributed by atoms with Gasteiger partial charge in [0.25, 0.3) is 0 Å². The number of hydrogen-bond acceptors (Lipinski definition) is 3. The summed E-state index contributed by atoms with van der Waals surface area (Å²) >= 11 is 0. The highest BCUT2D eigenvalue weighted by atomic mass is 16.3. The van der Waals surface area contributed by atoms with Gasteiger partial charge in [0.15, 0.2) is 5.96 Å². The van der Waals surface area contributed by atoms with Gasteiger partial charge in [-0.25, -0.2) is 9.67 Å². The smallest absolute Gasteiger partial charge is 0.191 e. The fourth-order valence-corrected chi connectivity index (χ4v) is 2.91. The first-order valence-corrected chi connectivity index (χ1v) is 9.32. The Bertz CT molecular complexity index is 863. The second-order valence-electron chi connectivity index (χ2n) is 6.43. The summed E-state index contributed by atoms with van der Waals surface area (Å²) < 4.78 is 7.42. The molecule has 6 nitrogen and oxygen atoms in total. The summed E-state index contributed by atoms with van der Waals surface area (Å²) in [5.41, 5.74) is 3.46. The lowest BCUT2D eigenvalue weighted by molar-refractivity contribution is 0.501. The van der Waals surface area contributed by atoms with Crippen LogP contribution in [0.25, 0.3) is 5.69 Å². The van der Waals surface area contributed by atoms with Gasteiger partial charge in [0.2, 0.25) is 0 Å². The van der Waals surface area contributed by atoms with Gasteiger partial charge >= 0.3 is 0 Å². The van der Waals surface area contributed by atoms with Gasteiger partial charge in [-0.15, -0.1) is 0 Å². The van der Waals surface area contributed by atoms with Crippen LogP contribution in [0, 0.1) is 13.8 Å². The van der Waals surface area contributed by atoms with Gasteiger partial charge in [-0.2, -0.15) is 5.10 Å². The minimum Gasteiger partial charge on any atom is -0.466 e. The van der Waals surface area contributed by atoms with E-state index in [4.69, 9.17) is 4.42 Å². The van der Waals surface area contributed by atoms with Crippen molar-refractivity contribution in [3.05, 3.63) is 71.4 Å². The van der Waals surface area contributed by atoms with Crippen LogP contribution < -0.4 is 10.6 Å². The van der Waals surface area contributed by atoms with Crippen molar-refractivity contribution in [3.8, 4) is 5.69 Å². The van der Waals surface area contributed by atoms with E-state index in [1.54, 1.807) is 6.20 Å². The van der Waals surface area contributed by atoms with Gasteiger partial charge in [-0.3, -0.25) is 0 Å². The van der Waals surface area contributed by atoms with Crippen molar-refractivity contribution >= 4 is 5.96 Å². The number of nitrogens with zero attached hydrogens (tertiary/aromatic N) is 3. The first kappa shape index (κ1) is 18.8. The molecule has 142 valence electrons. The summed E-state index contributed by atoms with van der Waals surface area (Å²) in [6.45, 7) is 8.26. The van der Waals surface area contributed by atoms with Crippen LogP contribution in [0.3, 0.4) is 0 Å². The van der Waals surface area contributed by atoms with Crippen molar-refractivity contribution in [3.63, 3.8) is 0 Å². The Morgan fingerprint density at radius 2 is 2.00 bits per heavy atom. The van der Waals surface area contributed by atoms with Crippen LogP contribution in [-0.4, -0.2) is 28.8 Å². The summed E-state index contributed by atoms with van der Waals surface area (Å²) in [4.78, 5) is 4.66. The number of furan rings is 1. The van der Waals surface area contributed by atoms with Crippen LogP contribution >= 0.6 is 0 Å². The number of aromatic nitrogens is 2. The largest absolute Gasteiger partial charge is 0.466 e. The number of hydrogen-bond donors (Lipinski definition) is 2. The molecule has 1 aromatic carbocycles. The zero-order valence-corrected chi connectivity index (χ0v) is 16.2. The molecule has 0 bridgehead atoms. The normalized spacial score (nSPS) is 11.6. The molecule has 3 rings (SSSR count). The highest BCUT2D eigenvalue weighted by Crippen LogP contribution is 2.14. The molecule has 0 atom stereocenters. The molecule has 0 spiro atoms. The molecule has 27 heavy (non-hydrogen) atoms. The highest BCUT2D eigenvalue weighted by Gasteiger charge is 2.05. The molecule has 2 aromatic heterocycles. The van der Waals surface area contributed by atoms with E-state index in [0.29, 0.717) is 6.54 Å². The minimum absolute atomic E-state index is 0.608. The van der Waals surface area contributed by atoms with Crippen LogP contribution in [0.4, 0.5) is 0 Å². The second-order valence-corrected chi connectivity index (χ2v) is 6.43. The van der Waals surface area contributed by atoms with Crippen LogP contribution in [0.1, 0.15) is 29.6 Å². The van der Waals surface area contributed by atoms with Crippen molar-refractivity contribution in [1.82, 2.24) is 20.4 Å². The van der Waals surface area contributed by atoms with E-state index in [1.807, 2.05) is 36.9 Å². The maximum absolute atomic E-state index is 5.57. The molecule has 0 aliphatic carbocycles. The zero-order chi connectivity index (χ0) is 19.1. The molecule has 0 aliphatic rings. The predicted octanol–water partition coefficient (Wildman–Crippen LogP) is 3.38. The molecular weight excluding hydrogens is 338 g/mol. The summed E-state index contributed by atoms with van der Waals surface area (Å²) in [5, 5.41) is 10.9. The molecule has 2 heterocycles. The van der Waals surface area contributed by atoms with Gasteiger partial charge in [0.1, 0.15) is 11.5 Å². The Kier molecular flexibility index (Phi) is 6.30. The van der Waals surface area contributed by atoms with Crippen molar-refractivity contribution in [2.75, 3.05) is 13.1 Å².